The first kappa shape index (κ1) is 15.3. The van der Waals surface area contributed by atoms with Gasteiger partial charge in [0.05, 0.1) is 6.26 Å². The SMILES string of the molecule is CCCNC(CC(C)CCC)c1ccoc1CC. The topological polar surface area (TPSA) is 25.2 Å². The van der Waals surface area contributed by atoms with E-state index in [1.54, 1.807) is 0 Å². The van der Waals surface area contributed by atoms with E-state index >= 15 is 0 Å². The fourth-order valence-electron chi connectivity index (χ4n) is 2.60. The lowest BCUT2D eigenvalue weighted by Gasteiger charge is -2.22. The van der Waals surface area contributed by atoms with Gasteiger partial charge in [-0.3, -0.25) is 0 Å². The smallest absolute Gasteiger partial charge is 0.108 e. The van der Waals surface area contributed by atoms with Gasteiger partial charge in [0.1, 0.15) is 5.76 Å². The standard InChI is InChI=1S/C16H29NO/c1-5-8-13(4)12-15(17-10-6-2)14-9-11-18-16(14)7-3/h9,11,13,15,17H,5-8,10,12H2,1-4H3. The van der Waals surface area contributed by atoms with Crippen LogP contribution < -0.4 is 5.32 Å². The van der Waals surface area contributed by atoms with E-state index in [9.17, 15) is 0 Å². The van der Waals surface area contributed by atoms with E-state index in [0.29, 0.717) is 6.04 Å². The van der Waals surface area contributed by atoms with Crippen LogP contribution in [0.25, 0.3) is 0 Å². The van der Waals surface area contributed by atoms with Gasteiger partial charge in [0.25, 0.3) is 0 Å². The van der Waals surface area contributed by atoms with Crippen LogP contribution in [-0.4, -0.2) is 6.54 Å². The predicted octanol–water partition coefficient (Wildman–Crippen LogP) is 4.71. The van der Waals surface area contributed by atoms with Crippen LogP contribution in [0, 0.1) is 5.92 Å². The van der Waals surface area contributed by atoms with Gasteiger partial charge in [-0.15, -0.1) is 0 Å². The molecule has 0 radical (unpaired) electrons. The van der Waals surface area contributed by atoms with Gasteiger partial charge < -0.3 is 9.73 Å². The van der Waals surface area contributed by atoms with Gasteiger partial charge >= 0.3 is 0 Å². The van der Waals surface area contributed by atoms with Crippen LogP contribution in [0.3, 0.4) is 0 Å². The Morgan fingerprint density at radius 2 is 2.00 bits per heavy atom. The maximum absolute atomic E-state index is 5.58. The van der Waals surface area contributed by atoms with E-state index < -0.39 is 0 Å². The molecule has 0 aliphatic rings. The van der Waals surface area contributed by atoms with Gasteiger partial charge in [-0.25, -0.2) is 0 Å². The summed E-state index contributed by atoms with van der Waals surface area (Å²) in [5.41, 5.74) is 1.37. The van der Waals surface area contributed by atoms with Crippen molar-refractivity contribution < 1.29 is 4.42 Å². The van der Waals surface area contributed by atoms with Crippen LogP contribution in [0.5, 0.6) is 0 Å². The molecule has 1 rings (SSSR count). The molecule has 0 saturated heterocycles. The van der Waals surface area contributed by atoms with Gasteiger partial charge in [0.2, 0.25) is 0 Å². The number of nitrogens with one attached hydrogen (secondary N) is 1. The highest BCUT2D eigenvalue weighted by atomic mass is 16.3. The van der Waals surface area contributed by atoms with Crippen LogP contribution >= 0.6 is 0 Å². The second kappa shape index (κ2) is 8.36. The summed E-state index contributed by atoms with van der Waals surface area (Å²) in [5.74, 6) is 1.91. The fourth-order valence-corrected chi connectivity index (χ4v) is 2.60. The number of rotatable bonds is 9. The molecule has 2 atom stereocenters. The monoisotopic (exact) mass is 251 g/mol. The van der Waals surface area contributed by atoms with Crippen LogP contribution in [-0.2, 0) is 6.42 Å². The van der Waals surface area contributed by atoms with E-state index in [1.165, 1.54) is 31.2 Å². The summed E-state index contributed by atoms with van der Waals surface area (Å²) < 4.78 is 5.58. The second-order valence-electron chi connectivity index (χ2n) is 5.29. The van der Waals surface area contributed by atoms with Gasteiger partial charge in [-0.2, -0.15) is 0 Å². The third-order valence-electron chi connectivity index (χ3n) is 3.54. The van der Waals surface area contributed by atoms with Crippen molar-refractivity contribution in [3.8, 4) is 0 Å². The molecule has 1 aromatic heterocycles. The van der Waals surface area contributed by atoms with E-state index in [1.807, 2.05) is 6.26 Å². The van der Waals surface area contributed by atoms with Crippen LogP contribution in [0.1, 0.15) is 70.7 Å². The molecule has 2 nitrogen and oxygen atoms in total. The van der Waals surface area contributed by atoms with Crippen molar-refractivity contribution in [1.82, 2.24) is 5.32 Å². The highest BCUT2D eigenvalue weighted by molar-refractivity contribution is 5.21. The first-order valence-electron chi connectivity index (χ1n) is 7.52. The molecule has 0 bridgehead atoms. The van der Waals surface area contributed by atoms with Crippen molar-refractivity contribution >= 4 is 0 Å². The first-order chi connectivity index (χ1) is 8.72. The average Bonchev–Trinajstić information content (AvgIpc) is 2.82. The molecule has 0 spiro atoms. The molecule has 2 unspecified atom stereocenters. The quantitative estimate of drug-likeness (QED) is 0.687. The minimum Gasteiger partial charge on any atom is -0.469 e. The van der Waals surface area contributed by atoms with Crippen LogP contribution in [0.2, 0.25) is 0 Å². The largest absolute Gasteiger partial charge is 0.469 e. The van der Waals surface area contributed by atoms with Crippen molar-refractivity contribution in [2.75, 3.05) is 6.54 Å². The molecule has 1 N–H and O–H groups in total. The summed E-state index contributed by atoms with van der Waals surface area (Å²) in [6.07, 6.45) is 7.78. The summed E-state index contributed by atoms with van der Waals surface area (Å²) in [6.45, 7) is 10.1. The number of aryl methyl sites for hydroxylation is 1. The zero-order valence-corrected chi connectivity index (χ0v) is 12.5. The molecule has 0 saturated carbocycles. The minimum atomic E-state index is 0.459. The molecule has 104 valence electrons. The summed E-state index contributed by atoms with van der Waals surface area (Å²) in [5, 5.41) is 3.68. The molecule has 0 fully saturated rings. The Labute approximate surface area is 112 Å². The molecule has 0 amide bonds. The van der Waals surface area contributed by atoms with Crippen molar-refractivity contribution in [1.29, 1.82) is 0 Å². The number of hydrogen-bond acceptors (Lipinski definition) is 2. The molecule has 18 heavy (non-hydrogen) atoms. The fraction of sp³-hybridized carbons (Fsp3) is 0.750. The Morgan fingerprint density at radius 3 is 2.61 bits per heavy atom. The third-order valence-corrected chi connectivity index (χ3v) is 3.54. The molecule has 1 aromatic rings. The zero-order chi connectivity index (χ0) is 13.4. The second-order valence-corrected chi connectivity index (χ2v) is 5.29. The van der Waals surface area contributed by atoms with Crippen molar-refractivity contribution in [2.24, 2.45) is 5.92 Å². The highest BCUT2D eigenvalue weighted by Crippen LogP contribution is 2.27. The highest BCUT2D eigenvalue weighted by Gasteiger charge is 2.18. The molecule has 1 heterocycles. The molecular weight excluding hydrogens is 222 g/mol. The number of furan rings is 1. The van der Waals surface area contributed by atoms with Crippen molar-refractivity contribution in [3.05, 3.63) is 23.7 Å². The van der Waals surface area contributed by atoms with Crippen LogP contribution in [0.4, 0.5) is 0 Å². The van der Waals surface area contributed by atoms with Crippen LogP contribution in [0.15, 0.2) is 16.7 Å². The third kappa shape index (κ3) is 4.49. The van der Waals surface area contributed by atoms with Gasteiger partial charge in [-0.1, -0.05) is 40.5 Å². The lowest BCUT2D eigenvalue weighted by Crippen LogP contribution is -2.24. The minimum absolute atomic E-state index is 0.459. The molecular formula is C16H29NO. The van der Waals surface area contributed by atoms with E-state index in [0.717, 1.165) is 24.6 Å². The van der Waals surface area contributed by atoms with Gasteiger partial charge in [-0.05, 0) is 31.4 Å². The zero-order valence-electron chi connectivity index (χ0n) is 12.5. The molecule has 0 aliphatic carbocycles. The van der Waals surface area contributed by atoms with Crippen molar-refractivity contribution in [3.63, 3.8) is 0 Å². The molecule has 2 heteroatoms. The average molecular weight is 251 g/mol. The first-order valence-corrected chi connectivity index (χ1v) is 7.52. The Hall–Kier alpha value is -0.760. The normalized spacial score (nSPS) is 14.7. The summed E-state index contributed by atoms with van der Waals surface area (Å²) >= 11 is 0. The van der Waals surface area contributed by atoms with E-state index in [2.05, 4.69) is 39.1 Å². The lowest BCUT2D eigenvalue weighted by atomic mass is 9.92. The summed E-state index contributed by atoms with van der Waals surface area (Å²) in [4.78, 5) is 0. The van der Waals surface area contributed by atoms with E-state index in [4.69, 9.17) is 4.42 Å². The van der Waals surface area contributed by atoms with Crippen molar-refractivity contribution in [2.45, 2.75) is 65.8 Å². The Balaban J connectivity index is 2.71. The van der Waals surface area contributed by atoms with Gasteiger partial charge in [0, 0.05) is 18.0 Å². The number of hydrogen-bond donors (Lipinski definition) is 1. The van der Waals surface area contributed by atoms with Gasteiger partial charge in [0.15, 0.2) is 0 Å². The summed E-state index contributed by atoms with van der Waals surface area (Å²) in [7, 11) is 0. The Bertz CT molecular complexity index is 319. The van der Waals surface area contributed by atoms with E-state index in [-0.39, 0.29) is 0 Å². The summed E-state index contributed by atoms with van der Waals surface area (Å²) in [6, 6.07) is 2.60. The molecule has 0 aliphatic heterocycles. The molecule has 0 aromatic carbocycles. The maximum atomic E-state index is 5.58. The Morgan fingerprint density at radius 1 is 1.22 bits per heavy atom. The maximum Gasteiger partial charge on any atom is 0.108 e. The predicted molar refractivity (Wildman–Crippen MR) is 77.8 cm³/mol. The Kier molecular flexibility index (Phi) is 7.11. The lowest BCUT2D eigenvalue weighted by molar-refractivity contribution is 0.383.